The minimum Gasteiger partial charge on any atom is -0.497 e. The highest BCUT2D eigenvalue weighted by Gasteiger charge is 2.31. The third-order valence-electron chi connectivity index (χ3n) is 5.60. The molecule has 190 valence electrons. The van der Waals surface area contributed by atoms with Gasteiger partial charge in [0.1, 0.15) is 17.2 Å². The molecule has 1 atom stereocenters. The van der Waals surface area contributed by atoms with Crippen molar-refractivity contribution in [3.63, 3.8) is 0 Å². The Morgan fingerprint density at radius 3 is 2.11 bits per heavy atom. The highest BCUT2D eigenvalue weighted by molar-refractivity contribution is 8.15. The van der Waals surface area contributed by atoms with E-state index < -0.39 is 11.2 Å². The van der Waals surface area contributed by atoms with Gasteiger partial charge in [0.25, 0.3) is 5.24 Å². The van der Waals surface area contributed by atoms with Crippen LogP contribution in [0.25, 0.3) is 11.6 Å². The molecule has 0 aliphatic carbocycles. The summed E-state index contributed by atoms with van der Waals surface area (Å²) >= 11 is 1.01. The fourth-order valence-corrected chi connectivity index (χ4v) is 4.53. The molecule has 1 fully saturated rings. The van der Waals surface area contributed by atoms with E-state index in [1.807, 2.05) is 67.6 Å². The predicted molar refractivity (Wildman–Crippen MR) is 144 cm³/mol. The first-order valence-corrected chi connectivity index (χ1v) is 12.7. The molecule has 0 spiro atoms. The Morgan fingerprint density at radius 1 is 0.919 bits per heavy atom. The smallest absolute Gasteiger partial charge is 0.338 e. The van der Waals surface area contributed by atoms with Crippen LogP contribution < -0.4 is 14.8 Å². The summed E-state index contributed by atoms with van der Waals surface area (Å²) in [6, 6.07) is 22.0. The standard InChI is InChI=1S/C29H27NO6S/c1-3-16-35-28(32)25(17-19-4-10-22(34-2)11-5-19)21-8-14-24(15-9-21)36-23-12-6-20(7-13-23)18-26-27(31)30-29(33)37-26/h4-15,17,26H,3,16,18H2,1-2H3,(H,30,31,33)/b25-17+. The molecule has 4 rings (SSSR count). The summed E-state index contributed by atoms with van der Waals surface area (Å²) in [5.74, 6) is 1.33. The largest absolute Gasteiger partial charge is 0.497 e. The molecule has 1 aliphatic rings. The minimum absolute atomic E-state index is 0.255. The number of amides is 2. The zero-order valence-electron chi connectivity index (χ0n) is 20.6. The fourth-order valence-electron chi connectivity index (χ4n) is 3.67. The molecule has 1 heterocycles. The highest BCUT2D eigenvalue weighted by Crippen LogP contribution is 2.28. The number of hydrogen-bond acceptors (Lipinski definition) is 7. The SMILES string of the molecule is CCCOC(=O)/C(=C/c1ccc(OC)cc1)c1ccc(Oc2ccc(CC3SC(=O)NC3=O)cc2)cc1. The van der Waals surface area contributed by atoms with Crippen molar-refractivity contribution in [3.8, 4) is 17.2 Å². The molecule has 0 bridgehead atoms. The number of esters is 1. The van der Waals surface area contributed by atoms with Crippen LogP contribution in [-0.4, -0.2) is 36.1 Å². The summed E-state index contributed by atoms with van der Waals surface area (Å²) in [5, 5.41) is 1.59. The van der Waals surface area contributed by atoms with Crippen LogP contribution in [0.4, 0.5) is 4.79 Å². The van der Waals surface area contributed by atoms with Gasteiger partial charge in [0.05, 0.1) is 24.5 Å². The van der Waals surface area contributed by atoms with Crippen LogP contribution >= 0.6 is 11.8 Å². The van der Waals surface area contributed by atoms with Crippen molar-refractivity contribution in [2.45, 2.75) is 25.0 Å². The number of carbonyl (C=O) groups excluding carboxylic acids is 3. The predicted octanol–water partition coefficient (Wildman–Crippen LogP) is 5.88. The number of carbonyl (C=O) groups is 3. The molecule has 3 aromatic carbocycles. The molecule has 1 aliphatic heterocycles. The third-order valence-corrected chi connectivity index (χ3v) is 6.58. The van der Waals surface area contributed by atoms with Gasteiger partial charge in [-0.2, -0.15) is 0 Å². The second-order valence-corrected chi connectivity index (χ2v) is 9.50. The van der Waals surface area contributed by atoms with E-state index in [4.69, 9.17) is 14.2 Å². The number of thioether (sulfide) groups is 1. The lowest BCUT2D eigenvalue weighted by molar-refractivity contribution is -0.136. The molecule has 1 N–H and O–H groups in total. The summed E-state index contributed by atoms with van der Waals surface area (Å²) in [6.07, 6.45) is 3.00. The molecular formula is C29H27NO6S. The van der Waals surface area contributed by atoms with Crippen LogP contribution in [-0.2, 0) is 20.7 Å². The molecule has 0 saturated carbocycles. The monoisotopic (exact) mass is 517 g/mol. The maximum absolute atomic E-state index is 12.8. The van der Waals surface area contributed by atoms with E-state index in [2.05, 4.69) is 5.32 Å². The first kappa shape index (κ1) is 26.0. The Balaban J connectivity index is 1.46. The normalized spacial score (nSPS) is 15.3. The molecule has 37 heavy (non-hydrogen) atoms. The number of nitrogens with one attached hydrogen (secondary N) is 1. The number of hydrogen-bond donors (Lipinski definition) is 1. The van der Waals surface area contributed by atoms with E-state index in [0.29, 0.717) is 35.7 Å². The molecule has 8 heteroatoms. The van der Waals surface area contributed by atoms with Crippen LogP contribution in [0.1, 0.15) is 30.0 Å². The topological polar surface area (TPSA) is 90.9 Å². The van der Waals surface area contributed by atoms with Crippen molar-refractivity contribution >= 4 is 40.5 Å². The molecule has 1 unspecified atom stereocenters. The lowest BCUT2D eigenvalue weighted by Gasteiger charge is -2.11. The molecule has 1 saturated heterocycles. The minimum atomic E-state index is -0.406. The van der Waals surface area contributed by atoms with Gasteiger partial charge in [0, 0.05) is 0 Å². The summed E-state index contributed by atoms with van der Waals surface area (Å²) in [7, 11) is 1.61. The lowest BCUT2D eigenvalue weighted by Crippen LogP contribution is -2.25. The van der Waals surface area contributed by atoms with Crippen LogP contribution in [0.5, 0.6) is 17.2 Å². The van der Waals surface area contributed by atoms with E-state index in [9.17, 15) is 14.4 Å². The number of benzene rings is 3. The van der Waals surface area contributed by atoms with Crippen LogP contribution in [0, 0.1) is 0 Å². The number of rotatable bonds is 10. The quantitative estimate of drug-likeness (QED) is 0.204. The van der Waals surface area contributed by atoms with Gasteiger partial charge in [0.15, 0.2) is 0 Å². The average Bonchev–Trinajstić information content (AvgIpc) is 3.23. The first-order valence-electron chi connectivity index (χ1n) is 11.9. The van der Waals surface area contributed by atoms with E-state index in [0.717, 1.165) is 35.1 Å². The molecule has 0 aromatic heterocycles. The van der Waals surface area contributed by atoms with Gasteiger partial charge >= 0.3 is 5.97 Å². The van der Waals surface area contributed by atoms with E-state index in [1.54, 1.807) is 25.3 Å². The van der Waals surface area contributed by atoms with E-state index >= 15 is 0 Å². The van der Waals surface area contributed by atoms with Gasteiger partial charge in [-0.05, 0) is 72.0 Å². The Labute approximate surface area is 219 Å². The average molecular weight is 518 g/mol. The Hall–Kier alpha value is -4.04. The first-order chi connectivity index (χ1) is 17.9. The van der Waals surface area contributed by atoms with Crippen molar-refractivity contribution in [1.82, 2.24) is 5.32 Å². The Kier molecular flexibility index (Phi) is 8.64. The van der Waals surface area contributed by atoms with Crippen molar-refractivity contribution in [1.29, 1.82) is 0 Å². The maximum Gasteiger partial charge on any atom is 0.338 e. The lowest BCUT2D eigenvalue weighted by atomic mass is 10.0. The fraction of sp³-hybridized carbons (Fsp3) is 0.207. The van der Waals surface area contributed by atoms with Crippen molar-refractivity contribution in [2.24, 2.45) is 0 Å². The molecular weight excluding hydrogens is 490 g/mol. The van der Waals surface area contributed by atoms with Crippen molar-refractivity contribution < 1.29 is 28.6 Å². The van der Waals surface area contributed by atoms with E-state index in [1.165, 1.54) is 0 Å². The number of imide groups is 1. The number of ether oxygens (including phenoxy) is 3. The molecule has 2 amide bonds. The molecule has 7 nitrogen and oxygen atoms in total. The van der Waals surface area contributed by atoms with Crippen molar-refractivity contribution in [2.75, 3.05) is 13.7 Å². The Bertz CT molecular complexity index is 1280. The van der Waals surface area contributed by atoms with Crippen LogP contribution in [0.3, 0.4) is 0 Å². The van der Waals surface area contributed by atoms with Gasteiger partial charge in [-0.25, -0.2) is 4.79 Å². The van der Waals surface area contributed by atoms with Crippen LogP contribution in [0.15, 0.2) is 72.8 Å². The van der Waals surface area contributed by atoms with Gasteiger partial charge in [-0.1, -0.05) is 55.1 Å². The zero-order chi connectivity index (χ0) is 26.2. The summed E-state index contributed by atoms with van der Waals surface area (Å²) in [6.45, 7) is 2.29. The summed E-state index contributed by atoms with van der Waals surface area (Å²) in [5.41, 5.74) is 2.94. The van der Waals surface area contributed by atoms with Crippen molar-refractivity contribution in [3.05, 3.63) is 89.5 Å². The summed E-state index contributed by atoms with van der Waals surface area (Å²) in [4.78, 5) is 35.9. The van der Waals surface area contributed by atoms with Crippen LogP contribution in [0.2, 0.25) is 0 Å². The second kappa shape index (κ2) is 12.3. The molecule has 3 aromatic rings. The van der Waals surface area contributed by atoms with E-state index in [-0.39, 0.29) is 11.1 Å². The van der Waals surface area contributed by atoms with Gasteiger partial charge in [-0.15, -0.1) is 0 Å². The molecule has 0 radical (unpaired) electrons. The van der Waals surface area contributed by atoms with Gasteiger partial charge in [-0.3, -0.25) is 14.9 Å². The van der Waals surface area contributed by atoms with Gasteiger partial charge in [0.2, 0.25) is 5.91 Å². The van der Waals surface area contributed by atoms with Gasteiger partial charge < -0.3 is 14.2 Å². The maximum atomic E-state index is 12.8. The third kappa shape index (κ3) is 7.01. The number of methoxy groups -OCH3 is 1. The second-order valence-electron chi connectivity index (χ2n) is 8.32. The zero-order valence-corrected chi connectivity index (χ0v) is 21.4. The Morgan fingerprint density at radius 2 is 1.54 bits per heavy atom. The highest BCUT2D eigenvalue weighted by atomic mass is 32.2. The summed E-state index contributed by atoms with van der Waals surface area (Å²) < 4.78 is 16.6.